The van der Waals surface area contributed by atoms with Crippen LogP contribution in [-0.2, 0) is 28.6 Å². The van der Waals surface area contributed by atoms with Gasteiger partial charge < -0.3 is 14.2 Å². The third-order valence-electron chi connectivity index (χ3n) is 10.5. The van der Waals surface area contributed by atoms with Crippen LogP contribution in [0.1, 0.15) is 220 Å². The van der Waals surface area contributed by atoms with Gasteiger partial charge in [-0.2, -0.15) is 0 Å². The summed E-state index contributed by atoms with van der Waals surface area (Å²) in [5, 5.41) is 0. The fraction of sp³-hybridized carbons (Fsp3) is 0.638. The number of carbonyl (C=O) groups excluding carboxylic acids is 3. The Balaban J connectivity index is 4.48. The van der Waals surface area contributed by atoms with Crippen molar-refractivity contribution in [2.75, 3.05) is 13.2 Å². The molecule has 0 spiro atoms. The van der Waals surface area contributed by atoms with Gasteiger partial charge in [-0.25, -0.2) is 0 Å². The zero-order valence-electron chi connectivity index (χ0n) is 41.3. The molecule has 0 aromatic heterocycles. The number of unbranched alkanes of at least 4 members (excludes halogenated alkanes) is 16. The molecule has 1 atom stereocenters. The molecule has 0 aliphatic heterocycles. The molecular weight excluding hydrogens is 793 g/mol. The summed E-state index contributed by atoms with van der Waals surface area (Å²) < 4.78 is 16.7. The molecule has 362 valence electrons. The van der Waals surface area contributed by atoms with Gasteiger partial charge in [-0.1, -0.05) is 188 Å². The van der Waals surface area contributed by atoms with Gasteiger partial charge in [0, 0.05) is 19.3 Å². The van der Waals surface area contributed by atoms with Crippen LogP contribution in [-0.4, -0.2) is 37.2 Å². The minimum Gasteiger partial charge on any atom is -0.462 e. The number of allylic oxidation sites excluding steroid dienone is 18. The van der Waals surface area contributed by atoms with Crippen LogP contribution in [0.5, 0.6) is 0 Å². The van der Waals surface area contributed by atoms with Crippen molar-refractivity contribution in [3.05, 3.63) is 109 Å². The van der Waals surface area contributed by atoms with Crippen molar-refractivity contribution >= 4 is 17.9 Å². The van der Waals surface area contributed by atoms with E-state index in [1.165, 1.54) is 44.9 Å². The summed E-state index contributed by atoms with van der Waals surface area (Å²) in [6.07, 6.45) is 69.3. The maximum Gasteiger partial charge on any atom is 0.306 e. The summed E-state index contributed by atoms with van der Waals surface area (Å²) in [7, 11) is 0. The molecule has 0 aromatic carbocycles. The highest BCUT2D eigenvalue weighted by molar-refractivity contribution is 5.71. The van der Waals surface area contributed by atoms with Crippen molar-refractivity contribution in [1.29, 1.82) is 0 Å². The summed E-state index contributed by atoms with van der Waals surface area (Å²) >= 11 is 0. The number of ether oxygens (including phenoxy) is 3. The highest BCUT2D eigenvalue weighted by Gasteiger charge is 2.19. The molecule has 0 rings (SSSR count). The van der Waals surface area contributed by atoms with Crippen LogP contribution < -0.4 is 0 Å². The molecule has 0 aromatic rings. The quantitative estimate of drug-likeness (QED) is 0.0262. The van der Waals surface area contributed by atoms with Gasteiger partial charge in [-0.15, -0.1) is 0 Å². The van der Waals surface area contributed by atoms with Gasteiger partial charge in [0.1, 0.15) is 13.2 Å². The molecule has 0 heterocycles. The van der Waals surface area contributed by atoms with Crippen molar-refractivity contribution in [1.82, 2.24) is 0 Å². The summed E-state index contributed by atoms with van der Waals surface area (Å²) in [6.45, 7) is 6.32. The first-order chi connectivity index (χ1) is 31.5. The Morgan fingerprint density at radius 1 is 0.328 bits per heavy atom. The lowest BCUT2D eigenvalue weighted by Crippen LogP contribution is -2.30. The molecule has 1 unspecified atom stereocenters. The molecular formula is C58H94O6. The zero-order valence-corrected chi connectivity index (χ0v) is 41.3. The largest absolute Gasteiger partial charge is 0.462 e. The van der Waals surface area contributed by atoms with Gasteiger partial charge in [0.15, 0.2) is 6.10 Å². The number of hydrogen-bond acceptors (Lipinski definition) is 6. The van der Waals surface area contributed by atoms with E-state index in [0.717, 1.165) is 128 Å². The topological polar surface area (TPSA) is 78.9 Å². The molecule has 0 fully saturated rings. The van der Waals surface area contributed by atoms with Crippen LogP contribution in [0.3, 0.4) is 0 Å². The lowest BCUT2D eigenvalue weighted by atomic mass is 10.1. The minimum atomic E-state index is -0.810. The van der Waals surface area contributed by atoms with E-state index in [0.29, 0.717) is 19.3 Å². The number of hydrogen-bond donors (Lipinski definition) is 0. The number of carbonyl (C=O) groups is 3. The van der Waals surface area contributed by atoms with Gasteiger partial charge in [-0.05, 0) is 122 Å². The minimum absolute atomic E-state index is 0.106. The fourth-order valence-corrected chi connectivity index (χ4v) is 6.65. The highest BCUT2D eigenvalue weighted by Crippen LogP contribution is 2.13. The molecule has 0 saturated carbocycles. The van der Waals surface area contributed by atoms with E-state index in [1.807, 2.05) is 0 Å². The second-order valence-corrected chi connectivity index (χ2v) is 16.7. The maximum absolute atomic E-state index is 12.8. The average Bonchev–Trinajstić information content (AvgIpc) is 3.29. The predicted molar refractivity (Wildman–Crippen MR) is 274 cm³/mol. The Morgan fingerprint density at radius 3 is 1.00 bits per heavy atom. The molecule has 0 aliphatic rings. The standard InChI is InChI=1S/C58H94O6/c1-4-7-10-13-16-19-22-25-27-28-29-30-32-33-36-39-42-45-48-51-57(60)63-54-55(53-62-56(59)50-47-44-41-38-35-24-21-18-15-12-9-6-3)64-58(61)52-49-46-43-40-37-34-31-26-23-20-17-14-11-8-5-2/h7-8,10-11,16-21,25-27,29-31,37,40,55H,4-6,9,12-15,22-24,28,32-36,38-39,41-54H2,1-3H3/b10-7-,11-8-,19-16-,20-17-,21-18-,27-25-,30-29-,31-26-,40-37-. The first-order valence-electron chi connectivity index (χ1n) is 25.9. The lowest BCUT2D eigenvalue weighted by Gasteiger charge is -2.18. The Morgan fingerprint density at radius 2 is 0.609 bits per heavy atom. The summed E-state index contributed by atoms with van der Waals surface area (Å²) in [4.78, 5) is 38.0. The zero-order chi connectivity index (χ0) is 46.5. The SMILES string of the molecule is CC/C=C\C/C=C\C/C=C\C/C=C\CCCCCCCCC(=O)OCC(COC(=O)CCCCCCC/C=C\CCCCC)OC(=O)CCCC/C=C\C/C=C\C/C=C\C/C=C\CC. The van der Waals surface area contributed by atoms with E-state index in [1.54, 1.807) is 0 Å². The van der Waals surface area contributed by atoms with Gasteiger partial charge in [0.05, 0.1) is 0 Å². The van der Waals surface area contributed by atoms with Gasteiger partial charge in [-0.3, -0.25) is 14.4 Å². The van der Waals surface area contributed by atoms with Crippen LogP contribution in [0.25, 0.3) is 0 Å². The number of rotatable bonds is 45. The van der Waals surface area contributed by atoms with Crippen LogP contribution in [0.4, 0.5) is 0 Å². The van der Waals surface area contributed by atoms with E-state index in [2.05, 4.69) is 130 Å². The number of esters is 3. The predicted octanol–water partition coefficient (Wildman–Crippen LogP) is 17.1. The molecule has 0 N–H and O–H groups in total. The molecule has 6 nitrogen and oxygen atoms in total. The fourth-order valence-electron chi connectivity index (χ4n) is 6.65. The molecule has 0 bridgehead atoms. The molecule has 0 radical (unpaired) electrons. The Bertz CT molecular complexity index is 1340. The van der Waals surface area contributed by atoms with Crippen molar-refractivity contribution < 1.29 is 28.6 Å². The average molecular weight is 887 g/mol. The Labute approximate surface area is 393 Å². The van der Waals surface area contributed by atoms with Gasteiger partial charge >= 0.3 is 17.9 Å². The van der Waals surface area contributed by atoms with Gasteiger partial charge in [0.2, 0.25) is 0 Å². The van der Waals surface area contributed by atoms with Crippen molar-refractivity contribution in [3.8, 4) is 0 Å². The van der Waals surface area contributed by atoms with Crippen molar-refractivity contribution in [3.63, 3.8) is 0 Å². The van der Waals surface area contributed by atoms with Crippen molar-refractivity contribution in [2.24, 2.45) is 0 Å². The first kappa shape index (κ1) is 60.1. The molecule has 0 aliphatic carbocycles. The first-order valence-corrected chi connectivity index (χ1v) is 25.9. The van der Waals surface area contributed by atoms with E-state index in [4.69, 9.17) is 14.2 Å². The van der Waals surface area contributed by atoms with E-state index in [9.17, 15) is 14.4 Å². The molecule has 0 amide bonds. The van der Waals surface area contributed by atoms with E-state index < -0.39 is 6.10 Å². The lowest BCUT2D eigenvalue weighted by molar-refractivity contribution is -0.167. The van der Waals surface area contributed by atoms with E-state index >= 15 is 0 Å². The van der Waals surface area contributed by atoms with E-state index in [-0.39, 0.29) is 37.5 Å². The second kappa shape index (κ2) is 51.7. The molecule has 6 heteroatoms. The smallest absolute Gasteiger partial charge is 0.306 e. The Kier molecular flexibility index (Phi) is 48.5. The normalized spacial score (nSPS) is 13.0. The molecule has 0 saturated heterocycles. The second-order valence-electron chi connectivity index (χ2n) is 16.7. The van der Waals surface area contributed by atoms with Gasteiger partial charge in [0.25, 0.3) is 0 Å². The monoisotopic (exact) mass is 887 g/mol. The summed E-state index contributed by atoms with van der Waals surface area (Å²) in [6, 6.07) is 0. The van der Waals surface area contributed by atoms with Crippen LogP contribution in [0.2, 0.25) is 0 Å². The Hall–Kier alpha value is -3.93. The third-order valence-corrected chi connectivity index (χ3v) is 10.5. The summed E-state index contributed by atoms with van der Waals surface area (Å²) in [5.74, 6) is -0.976. The summed E-state index contributed by atoms with van der Waals surface area (Å²) in [5.41, 5.74) is 0. The highest BCUT2D eigenvalue weighted by atomic mass is 16.6. The maximum atomic E-state index is 12.8. The molecule has 64 heavy (non-hydrogen) atoms. The van der Waals surface area contributed by atoms with Crippen LogP contribution in [0, 0.1) is 0 Å². The van der Waals surface area contributed by atoms with Crippen LogP contribution in [0.15, 0.2) is 109 Å². The van der Waals surface area contributed by atoms with Crippen molar-refractivity contribution in [2.45, 2.75) is 226 Å². The third kappa shape index (κ3) is 49.1. The van der Waals surface area contributed by atoms with Crippen LogP contribution >= 0.6 is 0 Å².